The monoisotopic (exact) mass is 329 g/mol. The number of hydrogen-bond donors (Lipinski definition) is 2. The molecular weight excluding hydrogens is 306 g/mol. The third-order valence-corrected chi connectivity index (χ3v) is 4.60. The van der Waals surface area contributed by atoms with Crippen LogP contribution in [0, 0.1) is 13.8 Å². The van der Waals surface area contributed by atoms with Gasteiger partial charge in [-0.25, -0.2) is 9.97 Å². The van der Waals surface area contributed by atoms with Crippen LogP contribution in [0.15, 0.2) is 23.0 Å². The molecule has 0 bridgehead atoms. The molecule has 0 spiro atoms. The molecule has 128 valence electrons. The highest BCUT2D eigenvalue weighted by Crippen LogP contribution is 2.25. The number of aromatic nitrogens is 2. The molecular formula is C17H23N5O2. The zero-order chi connectivity index (χ0) is 17.3. The molecule has 1 fully saturated rings. The number of furan rings is 1. The molecule has 3 N–H and O–H groups in total. The van der Waals surface area contributed by atoms with E-state index in [0.717, 1.165) is 42.1 Å². The van der Waals surface area contributed by atoms with Gasteiger partial charge in [0.25, 0.3) is 5.91 Å². The number of anilines is 1. The second kappa shape index (κ2) is 6.60. The van der Waals surface area contributed by atoms with E-state index in [9.17, 15) is 4.79 Å². The summed E-state index contributed by atoms with van der Waals surface area (Å²) in [6.45, 7) is 7.69. The minimum absolute atomic E-state index is 0.0799. The van der Waals surface area contributed by atoms with E-state index in [2.05, 4.69) is 27.1 Å². The summed E-state index contributed by atoms with van der Waals surface area (Å²) in [5, 5.41) is 3.62. The van der Waals surface area contributed by atoms with Gasteiger partial charge in [-0.2, -0.15) is 0 Å². The zero-order valence-corrected chi connectivity index (χ0v) is 14.2. The van der Waals surface area contributed by atoms with Gasteiger partial charge in [-0.1, -0.05) is 0 Å². The first-order valence-corrected chi connectivity index (χ1v) is 8.14. The molecule has 1 unspecified atom stereocenters. The maximum absolute atomic E-state index is 11.4. The van der Waals surface area contributed by atoms with Crippen LogP contribution in [0.4, 0.5) is 5.82 Å². The molecule has 0 radical (unpaired) electrons. The van der Waals surface area contributed by atoms with Crippen molar-refractivity contribution in [3.8, 4) is 0 Å². The van der Waals surface area contributed by atoms with Crippen LogP contribution in [-0.2, 0) is 0 Å². The van der Waals surface area contributed by atoms with E-state index < -0.39 is 5.91 Å². The minimum Gasteiger partial charge on any atom is -0.472 e. The standard InChI is InChI=1S/C17H23N5O2/c1-10-11(2)20-16(15(18)23)21-17(10)22-6-4-14(8-22)19-12(3)13-5-7-24-9-13/h5,7,9,12,14,19H,4,6,8H2,1-3H3,(H2,18,23)/t12?,14-/m1/s1. The van der Waals surface area contributed by atoms with Crippen molar-refractivity contribution in [2.24, 2.45) is 5.73 Å². The Bertz CT molecular complexity index is 729. The highest BCUT2D eigenvalue weighted by atomic mass is 16.3. The number of carbonyl (C=O) groups excluding carboxylic acids is 1. The summed E-state index contributed by atoms with van der Waals surface area (Å²) in [4.78, 5) is 22.2. The van der Waals surface area contributed by atoms with Crippen LogP contribution < -0.4 is 16.0 Å². The predicted octanol–water partition coefficient (Wildman–Crippen LogP) is 1.71. The van der Waals surface area contributed by atoms with E-state index in [1.165, 1.54) is 0 Å². The Balaban J connectivity index is 1.72. The molecule has 0 saturated carbocycles. The molecule has 2 aromatic heterocycles. The van der Waals surface area contributed by atoms with Gasteiger partial charge in [-0.15, -0.1) is 0 Å². The third-order valence-electron chi connectivity index (χ3n) is 4.60. The summed E-state index contributed by atoms with van der Waals surface area (Å²) in [5.41, 5.74) is 8.26. The molecule has 7 heteroatoms. The van der Waals surface area contributed by atoms with Gasteiger partial charge < -0.3 is 20.4 Å². The number of nitrogens with one attached hydrogen (secondary N) is 1. The lowest BCUT2D eigenvalue weighted by atomic mass is 10.1. The largest absolute Gasteiger partial charge is 0.472 e. The van der Waals surface area contributed by atoms with E-state index in [1.807, 2.05) is 19.9 Å². The van der Waals surface area contributed by atoms with E-state index >= 15 is 0 Å². The Hall–Kier alpha value is -2.41. The first-order chi connectivity index (χ1) is 11.5. The Morgan fingerprint density at radius 3 is 2.92 bits per heavy atom. The fourth-order valence-corrected chi connectivity index (χ4v) is 3.09. The summed E-state index contributed by atoms with van der Waals surface area (Å²) < 4.78 is 5.14. The number of nitrogens with two attached hydrogens (primary N) is 1. The Kier molecular flexibility index (Phi) is 4.53. The average Bonchev–Trinajstić information content (AvgIpc) is 3.21. The number of rotatable bonds is 5. The number of amides is 1. The van der Waals surface area contributed by atoms with Crippen LogP contribution in [0.2, 0.25) is 0 Å². The fraction of sp³-hybridized carbons (Fsp3) is 0.471. The lowest BCUT2D eigenvalue weighted by Crippen LogP contribution is -2.35. The van der Waals surface area contributed by atoms with Crippen LogP contribution in [0.1, 0.15) is 46.8 Å². The number of hydrogen-bond acceptors (Lipinski definition) is 6. The van der Waals surface area contributed by atoms with E-state index in [-0.39, 0.29) is 11.9 Å². The molecule has 3 heterocycles. The van der Waals surface area contributed by atoms with Crippen molar-refractivity contribution in [3.05, 3.63) is 41.2 Å². The second-order valence-electron chi connectivity index (χ2n) is 6.32. The topological polar surface area (TPSA) is 97.3 Å². The van der Waals surface area contributed by atoms with Gasteiger partial charge in [0.05, 0.1) is 12.5 Å². The van der Waals surface area contributed by atoms with Crippen molar-refractivity contribution < 1.29 is 9.21 Å². The summed E-state index contributed by atoms with van der Waals surface area (Å²) in [5.74, 6) is 0.287. The van der Waals surface area contributed by atoms with Gasteiger partial charge >= 0.3 is 0 Å². The molecule has 1 amide bonds. The van der Waals surface area contributed by atoms with Crippen LogP contribution >= 0.6 is 0 Å². The van der Waals surface area contributed by atoms with E-state index in [0.29, 0.717) is 6.04 Å². The molecule has 0 aromatic carbocycles. The van der Waals surface area contributed by atoms with Gasteiger partial charge in [0.1, 0.15) is 5.82 Å². The number of nitrogens with zero attached hydrogens (tertiary/aromatic N) is 3. The molecule has 1 saturated heterocycles. The summed E-state index contributed by atoms with van der Waals surface area (Å²) in [7, 11) is 0. The molecule has 24 heavy (non-hydrogen) atoms. The van der Waals surface area contributed by atoms with Gasteiger partial charge in [0.2, 0.25) is 5.82 Å². The van der Waals surface area contributed by atoms with Crippen molar-refractivity contribution in [1.82, 2.24) is 15.3 Å². The van der Waals surface area contributed by atoms with E-state index in [1.54, 1.807) is 12.5 Å². The number of primary amides is 1. The quantitative estimate of drug-likeness (QED) is 0.867. The zero-order valence-electron chi connectivity index (χ0n) is 14.2. The maximum Gasteiger partial charge on any atom is 0.286 e. The number of aryl methyl sites for hydroxylation is 1. The Labute approximate surface area is 141 Å². The van der Waals surface area contributed by atoms with Crippen LogP contribution in [0.5, 0.6) is 0 Å². The SMILES string of the molecule is Cc1nc(C(N)=O)nc(N2CC[C@@H](NC(C)c3ccoc3)C2)c1C. The van der Waals surface area contributed by atoms with Crippen molar-refractivity contribution >= 4 is 11.7 Å². The minimum atomic E-state index is -0.596. The lowest BCUT2D eigenvalue weighted by molar-refractivity contribution is 0.0990. The smallest absolute Gasteiger partial charge is 0.286 e. The molecule has 3 rings (SSSR count). The van der Waals surface area contributed by atoms with Crippen LogP contribution in [-0.4, -0.2) is 35.0 Å². The van der Waals surface area contributed by atoms with Gasteiger partial charge in [-0.05, 0) is 33.3 Å². The highest BCUT2D eigenvalue weighted by Gasteiger charge is 2.27. The van der Waals surface area contributed by atoms with Crippen molar-refractivity contribution in [2.45, 2.75) is 39.3 Å². The normalized spacial score (nSPS) is 18.8. The summed E-state index contributed by atoms with van der Waals surface area (Å²) in [6, 6.07) is 2.55. The van der Waals surface area contributed by atoms with Crippen LogP contribution in [0.3, 0.4) is 0 Å². The summed E-state index contributed by atoms with van der Waals surface area (Å²) >= 11 is 0. The second-order valence-corrected chi connectivity index (χ2v) is 6.32. The van der Waals surface area contributed by atoms with Gasteiger partial charge in [-0.3, -0.25) is 4.79 Å². The van der Waals surface area contributed by atoms with Gasteiger partial charge in [0, 0.05) is 42.0 Å². The molecule has 2 aromatic rings. The number of carbonyl (C=O) groups is 1. The molecule has 2 atom stereocenters. The third kappa shape index (κ3) is 3.26. The predicted molar refractivity (Wildman–Crippen MR) is 90.9 cm³/mol. The first-order valence-electron chi connectivity index (χ1n) is 8.14. The van der Waals surface area contributed by atoms with Crippen molar-refractivity contribution in [3.63, 3.8) is 0 Å². The first kappa shape index (κ1) is 16.4. The molecule has 1 aliphatic rings. The molecule has 0 aliphatic carbocycles. The molecule has 1 aliphatic heterocycles. The van der Waals surface area contributed by atoms with Crippen LogP contribution in [0.25, 0.3) is 0 Å². The highest BCUT2D eigenvalue weighted by molar-refractivity contribution is 5.89. The van der Waals surface area contributed by atoms with Gasteiger partial charge in [0.15, 0.2) is 0 Å². The Morgan fingerprint density at radius 2 is 2.25 bits per heavy atom. The fourth-order valence-electron chi connectivity index (χ4n) is 3.09. The maximum atomic E-state index is 11.4. The lowest BCUT2D eigenvalue weighted by Gasteiger charge is -2.22. The van der Waals surface area contributed by atoms with E-state index in [4.69, 9.17) is 10.2 Å². The Morgan fingerprint density at radius 1 is 1.46 bits per heavy atom. The molecule has 7 nitrogen and oxygen atoms in total. The van der Waals surface area contributed by atoms with Crippen molar-refractivity contribution in [2.75, 3.05) is 18.0 Å². The summed E-state index contributed by atoms with van der Waals surface area (Å²) in [6.07, 6.45) is 4.46. The average molecular weight is 329 g/mol. The van der Waals surface area contributed by atoms with Crippen molar-refractivity contribution in [1.29, 1.82) is 0 Å².